The van der Waals surface area contributed by atoms with Crippen molar-refractivity contribution in [2.45, 2.75) is 31.3 Å². The van der Waals surface area contributed by atoms with Gasteiger partial charge in [0, 0.05) is 24.9 Å². The van der Waals surface area contributed by atoms with Crippen LogP contribution in [0.25, 0.3) is 0 Å². The van der Waals surface area contributed by atoms with E-state index in [0.717, 1.165) is 21.7 Å². The number of carbonyl (C=O) groups excluding carboxylic acids is 2. The van der Waals surface area contributed by atoms with Crippen LogP contribution in [0.5, 0.6) is 0 Å². The number of nitrogens with zero attached hydrogens (tertiary/aromatic N) is 1. The Kier molecular flexibility index (Phi) is 7.70. The van der Waals surface area contributed by atoms with Crippen LogP contribution in [0.1, 0.15) is 18.4 Å². The lowest BCUT2D eigenvalue weighted by Gasteiger charge is -2.30. The zero-order valence-electron chi connectivity index (χ0n) is 15.7. The van der Waals surface area contributed by atoms with Crippen molar-refractivity contribution in [3.05, 3.63) is 66.2 Å². The summed E-state index contributed by atoms with van der Waals surface area (Å²) in [5, 5.41) is 10.2. The summed E-state index contributed by atoms with van der Waals surface area (Å²) >= 11 is 0. The molecule has 2 aromatic carbocycles. The molecule has 9 heteroatoms. The first kappa shape index (κ1) is 21.6. The third kappa shape index (κ3) is 6.78. The van der Waals surface area contributed by atoms with Gasteiger partial charge in [0.1, 0.15) is 16.4 Å². The number of hydrogen-bond acceptors (Lipinski definition) is 6. The van der Waals surface area contributed by atoms with Crippen LogP contribution in [0, 0.1) is 0 Å². The Labute approximate surface area is 166 Å². The van der Waals surface area contributed by atoms with E-state index in [4.69, 9.17) is 21.2 Å². The third-order valence-electron chi connectivity index (χ3n) is 4.20. The minimum Gasteiger partial charge on any atom is -0.396 e. The first-order valence-electron chi connectivity index (χ1n) is 8.79. The van der Waals surface area contributed by atoms with Gasteiger partial charge in [-0.15, -0.1) is 0 Å². The Balaban J connectivity index is 0.000000300. The molecule has 8 nitrogen and oxygen atoms in total. The van der Waals surface area contributed by atoms with Gasteiger partial charge in [0.2, 0.25) is 11.8 Å². The maximum atomic E-state index is 10.2. The third-order valence-corrected chi connectivity index (χ3v) is 5.34. The molecule has 0 spiro atoms. The van der Waals surface area contributed by atoms with Crippen molar-refractivity contribution < 1.29 is 24.5 Å². The Morgan fingerprint density at radius 3 is 1.86 bits per heavy atom. The van der Waals surface area contributed by atoms with E-state index < -0.39 is 17.8 Å². The highest BCUT2D eigenvalue weighted by atomic mass is 28.2. The second-order valence-corrected chi connectivity index (χ2v) is 7.35. The second-order valence-electron chi connectivity index (χ2n) is 6.38. The van der Waals surface area contributed by atoms with Gasteiger partial charge in [-0.3, -0.25) is 9.59 Å². The van der Waals surface area contributed by atoms with Gasteiger partial charge in [-0.2, -0.15) is 9.78 Å². The van der Waals surface area contributed by atoms with Crippen LogP contribution >= 0.6 is 0 Å². The van der Waals surface area contributed by atoms with Gasteiger partial charge in [0.25, 0.3) is 0 Å². The smallest absolute Gasteiger partial charge is 0.357 e. The fraction of sp³-hybridized carbons (Fsp3) is 0.263. The maximum absolute atomic E-state index is 10.2. The number of amides is 2. The lowest BCUT2D eigenvalue weighted by molar-refractivity contribution is -0.123. The zero-order chi connectivity index (χ0) is 20.6. The fourth-order valence-electron chi connectivity index (χ4n) is 2.59. The number of anilines is 1. The summed E-state index contributed by atoms with van der Waals surface area (Å²) in [6.45, 7) is 0. The molecular weight excluding hydrogens is 378 g/mol. The van der Waals surface area contributed by atoms with Gasteiger partial charge >= 0.3 is 5.97 Å². The van der Waals surface area contributed by atoms with E-state index in [9.17, 15) is 14.7 Å². The summed E-state index contributed by atoms with van der Waals surface area (Å²) in [5.74, 6) is -2.49. The van der Waals surface area contributed by atoms with E-state index >= 15 is 0 Å². The molecule has 3 rings (SSSR count). The van der Waals surface area contributed by atoms with Crippen LogP contribution in [-0.2, 0) is 25.8 Å². The molecule has 150 valence electrons. The summed E-state index contributed by atoms with van der Waals surface area (Å²) in [7, 11) is 0.755. The van der Waals surface area contributed by atoms with Crippen LogP contribution in [0.4, 0.5) is 5.69 Å². The molecule has 1 heterocycles. The summed E-state index contributed by atoms with van der Waals surface area (Å²) in [5.41, 5.74) is 11.6. The van der Waals surface area contributed by atoms with E-state index in [0.29, 0.717) is 6.42 Å². The molecule has 1 aliphatic heterocycles. The van der Waals surface area contributed by atoms with Gasteiger partial charge in [-0.1, -0.05) is 48.5 Å². The lowest BCUT2D eigenvalue weighted by atomic mass is 10.0. The molecule has 2 amide bonds. The topological polar surface area (TPSA) is 135 Å². The van der Waals surface area contributed by atoms with Gasteiger partial charge < -0.3 is 21.1 Å². The van der Waals surface area contributed by atoms with Gasteiger partial charge in [0.15, 0.2) is 0 Å². The SMILES string of the molecule is NC(=O)CCC(N)=O.OC1([C@H](Cc2ccccc2)N([SiH3])c2ccccc2)OO1. The average Bonchev–Trinajstić information content (AvgIpc) is 3.44. The predicted molar refractivity (Wildman–Crippen MR) is 108 cm³/mol. The molecule has 0 aliphatic carbocycles. The molecule has 1 aliphatic rings. The average molecular weight is 404 g/mol. The molecule has 1 atom stereocenters. The van der Waals surface area contributed by atoms with E-state index in [1.54, 1.807) is 0 Å². The van der Waals surface area contributed by atoms with Crippen LogP contribution < -0.4 is 16.0 Å². The number of primary amides is 2. The van der Waals surface area contributed by atoms with Crippen molar-refractivity contribution in [2.75, 3.05) is 4.57 Å². The van der Waals surface area contributed by atoms with Crippen LogP contribution in [0.2, 0.25) is 0 Å². The number of nitrogens with two attached hydrogens (primary N) is 2. The summed E-state index contributed by atoms with van der Waals surface area (Å²) in [6, 6.07) is 19.8. The Morgan fingerprint density at radius 2 is 1.43 bits per heavy atom. The number of benzene rings is 2. The molecule has 0 aromatic heterocycles. The number of carbonyl (C=O) groups is 2. The van der Waals surface area contributed by atoms with Gasteiger partial charge in [-0.25, -0.2) is 0 Å². The standard InChI is InChI=1S/C15H17NO3Si.C4H8N2O2/c17-15(18-19-15)14(11-12-7-3-1-4-8-12)16(20)13-9-5-2-6-10-13;5-3(7)1-2-4(6)8/h1-10,14,17H,11H2,20H3;1-2H2,(H2,5,7)(H2,6,8)/t14-;/m0./s1. The predicted octanol–water partition coefficient (Wildman–Crippen LogP) is -0.270. The highest BCUT2D eigenvalue weighted by molar-refractivity contribution is 6.18. The first-order valence-corrected chi connectivity index (χ1v) is 9.69. The molecule has 5 N–H and O–H groups in total. The quantitative estimate of drug-likeness (QED) is 0.315. The lowest BCUT2D eigenvalue weighted by Crippen LogP contribution is -2.46. The maximum Gasteiger partial charge on any atom is 0.357 e. The van der Waals surface area contributed by atoms with Gasteiger partial charge in [0.05, 0.1) is 0 Å². The van der Waals surface area contributed by atoms with Crippen molar-refractivity contribution >= 4 is 27.9 Å². The van der Waals surface area contributed by atoms with Gasteiger partial charge in [-0.05, 0) is 17.7 Å². The van der Waals surface area contributed by atoms with Crippen molar-refractivity contribution in [3.63, 3.8) is 0 Å². The number of aliphatic hydroxyl groups is 1. The summed E-state index contributed by atoms with van der Waals surface area (Å²) in [4.78, 5) is 29.5. The Hall–Kier alpha value is -2.72. The molecule has 1 fully saturated rings. The van der Waals surface area contributed by atoms with Crippen molar-refractivity contribution in [1.82, 2.24) is 0 Å². The summed E-state index contributed by atoms with van der Waals surface area (Å²) < 4.78 is 2.11. The number of para-hydroxylation sites is 1. The highest BCUT2D eigenvalue weighted by Crippen LogP contribution is 2.36. The molecule has 28 heavy (non-hydrogen) atoms. The van der Waals surface area contributed by atoms with Crippen LogP contribution in [0.15, 0.2) is 60.7 Å². The van der Waals surface area contributed by atoms with E-state index in [1.807, 2.05) is 60.7 Å². The van der Waals surface area contributed by atoms with E-state index in [1.165, 1.54) is 0 Å². The fourth-order valence-corrected chi connectivity index (χ4v) is 3.40. The van der Waals surface area contributed by atoms with Crippen molar-refractivity contribution in [2.24, 2.45) is 11.5 Å². The van der Waals surface area contributed by atoms with Crippen molar-refractivity contribution in [3.8, 4) is 0 Å². The largest absolute Gasteiger partial charge is 0.396 e. The first-order chi connectivity index (χ1) is 13.3. The molecule has 0 radical (unpaired) electrons. The molecule has 1 saturated heterocycles. The molecule has 0 bridgehead atoms. The molecule has 0 unspecified atom stereocenters. The molecule has 2 aromatic rings. The minimum atomic E-state index is -1.49. The number of rotatable bonds is 8. The molecular formula is C19H25N3O5Si. The highest BCUT2D eigenvalue weighted by Gasteiger charge is 2.56. The number of hydrogen-bond donors (Lipinski definition) is 3. The normalized spacial score (nSPS) is 15.0. The minimum absolute atomic E-state index is 0.0509. The Morgan fingerprint density at radius 1 is 0.964 bits per heavy atom. The second kappa shape index (κ2) is 9.99. The molecule has 0 saturated carbocycles. The zero-order valence-corrected chi connectivity index (χ0v) is 17.7. The van der Waals surface area contributed by atoms with E-state index in [-0.39, 0.29) is 18.9 Å². The van der Waals surface area contributed by atoms with E-state index in [2.05, 4.69) is 4.57 Å². The Bertz CT molecular complexity index is 758. The van der Waals surface area contributed by atoms with Crippen LogP contribution in [0.3, 0.4) is 0 Å². The van der Waals surface area contributed by atoms with Crippen LogP contribution in [-0.4, -0.2) is 39.3 Å². The van der Waals surface area contributed by atoms with Crippen molar-refractivity contribution in [1.29, 1.82) is 0 Å². The summed E-state index contributed by atoms with van der Waals surface area (Å²) in [6.07, 6.45) is 0.764. The monoisotopic (exact) mass is 403 g/mol.